The summed E-state index contributed by atoms with van der Waals surface area (Å²) in [6.45, 7) is 6.04. The number of pyridine rings is 1. The minimum atomic E-state index is -0.256. The van der Waals surface area contributed by atoms with E-state index in [1.807, 2.05) is 24.3 Å². The largest absolute Gasteiger partial charge is 0.496 e. The average Bonchev–Trinajstić information content (AvgIpc) is 2.75. The summed E-state index contributed by atoms with van der Waals surface area (Å²) in [6, 6.07) is 9.23. The predicted octanol–water partition coefficient (Wildman–Crippen LogP) is 3.83. The van der Waals surface area contributed by atoms with Crippen molar-refractivity contribution in [2.45, 2.75) is 39.7 Å². The fourth-order valence-electron chi connectivity index (χ4n) is 3.24. The van der Waals surface area contributed by atoms with Gasteiger partial charge in [0.15, 0.2) is 0 Å². The van der Waals surface area contributed by atoms with Crippen molar-refractivity contribution >= 4 is 24.2 Å². The molecule has 0 saturated carbocycles. The van der Waals surface area contributed by atoms with E-state index in [1.165, 1.54) is 5.56 Å². The van der Waals surface area contributed by atoms with Crippen LogP contribution in [-0.4, -0.2) is 37.0 Å². The van der Waals surface area contributed by atoms with Crippen LogP contribution < -0.4 is 15.4 Å². The molecule has 7 nitrogen and oxygen atoms in total. The maximum absolute atomic E-state index is 12.9. The van der Waals surface area contributed by atoms with Gasteiger partial charge in [0.1, 0.15) is 11.6 Å². The molecule has 1 aromatic heterocycles. The molecule has 0 fully saturated rings. The van der Waals surface area contributed by atoms with Crippen molar-refractivity contribution in [3.63, 3.8) is 0 Å². The van der Waals surface area contributed by atoms with Crippen LogP contribution in [0.2, 0.25) is 0 Å². The minimum absolute atomic E-state index is 0.256. The topological polar surface area (TPSA) is 88.0 Å². The number of aromatic nitrogens is 1. The Bertz CT molecular complexity index is 937. The van der Waals surface area contributed by atoms with E-state index in [1.54, 1.807) is 25.6 Å². The van der Waals surface area contributed by atoms with Gasteiger partial charge in [-0.15, -0.1) is 0 Å². The molecule has 2 N–H and O–H groups in total. The summed E-state index contributed by atoms with van der Waals surface area (Å²) in [5, 5.41) is 14.3. The summed E-state index contributed by atoms with van der Waals surface area (Å²) in [5.41, 5.74) is 3.45. The first-order valence-electron chi connectivity index (χ1n) is 10.3. The number of benzene rings is 1. The monoisotopic (exact) mass is 407 g/mol. The molecule has 1 aromatic carbocycles. The highest BCUT2D eigenvalue weighted by molar-refractivity contribution is 6.06. The number of nitrogens with zero attached hydrogens (tertiary/aromatic N) is 3. The smallest absolute Gasteiger partial charge is 0.260 e. The second kappa shape index (κ2) is 10.6. The van der Waals surface area contributed by atoms with Gasteiger partial charge in [-0.1, -0.05) is 19.9 Å². The number of carbonyl (C=O) groups excluding carboxylic acids is 1. The van der Waals surface area contributed by atoms with Gasteiger partial charge in [0.05, 0.1) is 24.6 Å². The molecule has 1 amide bonds. The molecule has 0 saturated heterocycles. The van der Waals surface area contributed by atoms with E-state index >= 15 is 0 Å². The van der Waals surface area contributed by atoms with Crippen molar-refractivity contribution in [2.24, 2.45) is 16.1 Å². The van der Waals surface area contributed by atoms with E-state index in [0.717, 1.165) is 37.9 Å². The van der Waals surface area contributed by atoms with Crippen LogP contribution in [0, 0.1) is 5.92 Å². The summed E-state index contributed by atoms with van der Waals surface area (Å²) in [5.74, 6) is 1.41. The predicted molar refractivity (Wildman–Crippen MR) is 121 cm³/mol. The number of anilines is 1. The van der Waals surface area contributed by atoms with Crippen molar-refractivity contribution in [3.05, 3.63) is 52.7 Å². The highest BCUT2D eigenvalue weighted by Gasteiger charge is 2.18. The van der Waals surface area contributed by atoms with Crippen LogP contribution in [-0.2, 0) is 13.0 Å². The number of hydrogen-bond acceptors (Lipinski definition) is 6. The second-order valence-corrected chi connectivity index (χ2v) is 7.66. The number of fused-ring (bicyclic) bond motifs is 1. The Kier molecular flexibility index (Phi) is 7.68. The minimum Gasteiger partial charge on any atom is -0.496 e. The van der Waals surface area contributed by atoms with E-state index in [2.05, 4.69) is 39.7 Å². The van der Waals surface area contributed by atoms with Gasteiger partial charge in [0.2, 0.25) is 0 Å². The molecule has 0 aliphatic carbocycles. The molecule has 0 unspecified atom stereocenters. The van der Waals surface area contributed by atoms with E-state index < -0.39 is 0 Å². The standard InChI is InChI=1S/C23H29N5O2/c1-16(2)6-5-10-25-26-15-19-7-4-8-22(27-19)28-23(29)20-12-18-14-24-11-9-17(18)13-21(20)30-3/h4,7-8,10,12-13,15-16,24H,5-6,9,11,14H2,1-3H3,(H,27,28,29)/b25-10+,26-15+. The lowest BCUT2D eigenvalue weighted by molar-refractivity contribution is 0.102. The third-order valence-electron chi connectivity index (χ3n) is 4.88. The third-order valence-corrected chi connectivity index (χ3v) is 4.88. The molecule has 1 aliphatic heterocycles. The number of hydrogen-bond donors (Lipinski definition) is 2. The van der Waals surface area contributed by atoms with Gasteiger partial charge >= 0.3 is 0 Å². The van der Waals surface area contributed by atoms with Crippen molar-refractivity contribution < 1.29 is 9.53 Å². The maximum Gasteiger partial charge on any atom is 0.260 e. The Balaban J connectivity index is 1.68. The van der Waals surface area contributed by atoms with Gasteiger partial charge in [0, 0.05) is 12.8 Å². The first-order valence-corrected chi connectivity index (χ1v) is 10.3. The third kappa shape index (κ3) is 5.97. The number of rotatable bonds is 8. The summed E-state index contributed by atoms with van der Waals surface area (Å²) in [7, 11) is 1.58. The zero-order chi connectivity index (χ0) is 21.3. The van der Waals surface area contributed by atoms with Crippen molar-refractivity contribution in [1.82, 2.24) is 10.3 Å². The molecule has 1 aliphatic rings. The molecule has 7 heteroatoms. The molecule has 3 rings (SSSR count). The molecular weight excluding hydrogens is 378 g/mol. The van der Waals surface area contributed by atoms with Crippen molar-refractivity contribution in [2.75, 3.05) is 19.0 Å². The quantitative estimate of drug-likeness (QED) is 0.514. The van der Waals surface area contributed by atoms with Gasteiger partial charge in [-0.05, 0) is 67.1 Å². The SMILES string of the molecule is COc1cc2c(cc1C(=O)Nc1cccc(/C=N/N=C/CCC(C)C)n1)CNCC2. The molecule has 2 aromatic rings. The molecule has 0 atom stereocenters. The van der Waals surface area contributed by atoms with E-state index in [-0.39, 0.29) is 5.91 Å². The van der Waals surface area contributed by atoms with Crippen molar-refractivity contribution in [3.8, 4) is 5.75 Å². The van der Waals surface area contributed by atoms with E-state index in [4.69, 9.17) is 4.74 Å². The fourth-order valence-corrected chi connectivity index (χ4v) is 3.24. The first-order chi connectivity index (χ1) is 14.6. The lowest BCUT2D eigenvalue weighted by atomic mass is 9.97. The summed E-state index contributed by atoms with van der Waals surface area (Å²) < 4.78 is 5.46. The number of amides is 1. The summed E-state index contributed by atoms with van der Waals surface area (Å²) in [6.07, 6.45) is 6.29. The number of carbonyl (C=O) groups is 1. The Hall–Kier alpha value is -3.06. The Morgan fingerprint density at radius 2 is 2.17 bits per heavy atom. The van der Waals surface area contributed by atoms with Crippen LogP contribution in [0.5, 0.6) is 5.75 Å². The Morgan fingerprint density at radius 1 is 1.30 bits per heavy atom. The summed E-state index contributed by atoms with van der Waals surface area (Å²) >= 11 is 0. The summed E-state index contributed by atoms with van der Waals surface area (Å²) in [4.78, 5) is 17.3. The Labute approximate surface area is 177 Å². The highest BCUT2D eigenvalue weighted by atomic mass is 16.5. The molecule has 0 spiro atoms. The molecule has 158 valence electrons. The lowest BCUT2D eigenvalue weighted by Crippen LogP contribution is -2.24. The van der Waals surface area contributed by atoms with E-state index in [9.17, 15) is 4.79 Å². The number of ether oxygens (including phenoxy) is 1. The van der Waals surface area contributed by atoms with Gasteiger partial charge in [-0.2, -0.15) is 10.2 Å². The van der Waals surface area contributed by atoms with Gasteiger partial charge in [-0.3, -0.25) is 4.79 Å². The fraction of sp³-hybridized carbons (Fsp3) is 0.391. The average molecular weight is 408 g/mol. The van der Waals surface area contributed by atoms with Crippen molar-refractivity contribution in [1.29, 1.82) is 0 Å². The lowest BCUT2D eigenvalue weighted by Gasteiger charge is -2.20. The van der Waals surface area contributed by atoms with Crippen LogP contribution in [0.4, 0.5) is 5.82 Å². The molecule has 0 radical (unpaired) electrons. The van der Waals surface area contributed by atoms with Crippen LogP contribution in [0.1, 0.15) is 53.9 Å². The molecule has 2 heterocycles. The zero-order valence-corrected chi connectivity index (χ0v) is 17.8. The van der Waals surface area contributed by atoms with Gasteiger partial charge in [-0.25, -0.2) is 4.98 Å². The number of nitrogens with one attached hydrogen (secondary N) is 2. The molecule has 0 bridgehead atoms. The normalized spacial score (nSPS) is 13.7. The van der Waals surface area contributed by atoms with E-state index in [0.29, 0.717) is 28.7 Å². The van der Waals surface area contributed by atoms with Crippen LogP contribution in [0.3, 0.4) is 0 Å². The van der Waals surface area contributed by atoms with Gasteiger partial charge < -0.3 is 15.4 Å². The number of methoxy groups -OCH3 is 1. The second-order valence-electron chi connectivity index (χ2n) is 7.66. The first kappa shape index (κ1) is 21.6. The van der Waals surface area contributed by atoms with Crippen LogP contribution in [0.15, 0.2) is 40.5 Å². The van der Waals surface area contributed by atoms with Crippen LogP contribution in [0.25, 0.3) is 0 Å². The Morgan fingerprint density at radius 3 is 2.97 bits per heavy atom. The zero-order valence-electron chi connectivity index (χ0n) is 17.8. The van der Waals surface area contributed by atoms with Crippen LogP contribution >= 0.6 is 0 Å². The molecule has 30 heavy (non-hydrogen) atoms. The maximum atomic E-state index is 12.9. The molecular formula is C23H29N5O2. The van der Waals surface area contributed by atoms with Gasteiger partial charge in [0.25, 0.3) is 5.91 Å². The highest BCUT2D eigenvalue weighted by Crippen LogP contribution is 2.26.